The van der Waals surface area contributed by atoms with Crippen molar-refractivity contribution < 1.29 is 28.7 Å². The minimum Gasteiger partial charge on any atom is -0.426 e. The standard InChI is InChI=1S/C19H24NO6PS/c1-13(21)26-16-6-5-14(11-15(16)19(2,3)4)12-17-18(22)20(8-10-28-17)7-9-27(23,24)25/h5-6,8,10-12H,7,9H2,1-4H3,(H2,23,24,25)/b17-12+. The Labute approximate surface area is 168 Å². The van der Waals surface area contributed by atoms with Crippen LogP contribution in [0.3, 0.4) is 0 Å². The van der Waals surface area contributed by atoms with Crippen LogP contribution in [0.25, 0.3) is 6.08 Å². The highest BCUT2D eigenvalue weighted by atomic mass is 32.2. The summed E-state index contributed by atoms with van der Waals surface area (Å²) in [6, 6.07) is 5.33. The summed E-state index contributed by atoms with van der Waals surface area (Å²) in [7, 11) is -4.18. The highest BCUT2D eigenvalue weighted by Crippen LogP contribution is 2.36. The molecule has 0 atom stereocenters. The van der Waals surface area contributed by atoms with Gasteiger partial charge in [-0.15, -0.1) is 0 Å². The molecular weight excluding hydrogens is 401 g/mol. The number of carbonyl (C=O) groups excluding carboxylic acids is 2. The van der Waals surface area contributed by atoms with E-state index in [9.17, 15) is 14.2 Å². The van der Waals surface area contributed by atoms with Gasteiger partial charge in [0.25, 0.3) is 5.91 Å². The zero-order chi connectivity index (χ0) is 21.1. The predicted molar refractivity (Wildman–Crippen MR) is 110 cm³/mol. The number of thioether (sulfide) groups is 1. The normalized spacial score (nSPS) is 16.6. The van der Waals surface area contributed by atoms with E-state index in [1.807, 2.05) is 26.8 Å². The Kier molecular flexibility index (Phi) is 6.93. The van der Waals surface area contributed by atoms with Crippen LogP contribution in [0.4, 0.5) is 0 Å². The summed E-state index contributed by atoms with van der Waals surface area (Å²) in [6.07, 6.45) is 2.84. The number of hydrogen-bond donors (Lipinski definition) is 2. The molecule has 1 aromatic rings. The Bertz CT molecular complexity index is 881. The van der Waals surface area contributed by atoms with Crippen LogP contribution in [0.1, 0.15) is 38.8 Å². The molecule has 152 valence electrons. The lowest BCUT2D eigenvalue weighted by atomic mass is 9.85. The Morgan fingerprint density at radius 2 is 2.00 bits per heavy atom. The van der Waals surface area contributed by atoms with Crippen molar-refractivity contribution in [1.29, 1.82) is 0 Å². The molecule has 0 aromatic heterocycles. The molecule has 0 unspecified atom stereocenters. The first-order valence-electron chi connectivity index (χ1n) is 8.60. The molecule has 1 aromatic carbocycles. The second kappa shape index (κ2) is 8.66. The van der Waals surface area contributed by atoms with E-state index in [4.69, 9.17) is 14.5 Å². The smallest absolute Gasteiger partial charge is 0.327 e. The van der Waals surface area contributed by atoms with Crippen molar-refractivity contribution in [3.05, 3.63) is 45.8 Å². The van der Waals surface area contributed by atoms with Crippen molar-refractivity contribution in [2.75, 3.05) is 12.7 Å². The molecule has 2 N–H and O–H groups in total. The maximum atomic E-state index is 12.6. The maximum Gasteiger partial charge on any atom is 0.327 e. The van der Waals surface area contributed by atoms with Gasteiger partial charge in [0.15, 0.2) is 0 Å². The first-order valence-corrected chi connectivity index (χ1v) is 11.3. The Hall–Kier alpha value is -1.86. The lowest BCUT2D eigenvalue weighted by molar-refractivity contribution is -0.132. The molecule has 0 bridgehead atoms. The van der Waals surface area contributed by atoms with E-state index in [1.165, 1.54) is 29.8 Å². The van der Waals surface area contributed by atoms with E-state index in [-0.39, 0.29) is 17.9 Å². The minimum atomic E-state index is -4.18. The number of nitrogens with zero attached hydrogens (tertiary/aromatic N) is 1. The van der Waals surface area contributed by atoms with Crippen LogP contribution < -0.4 is 4.74 Å². The maximum absolute atomic E-state index is 12.6. The average Bonchev–Trinajstić information content (AvgIpc) is 2.54. The molecule has 7 nitrogen and oxygen atoms in total. The lowest BCUT2D eigenvalue weighted by Crippen LogP contribution is -2.30. The first kappa shape index (κ1) is 22.4. The summed E-state index contributed by atoms with van der Waals surface area (Å²) >= 11 is 1.24. The Balaban J connectivity index is 2.31. The topological polar surface area (TPSA) is 104 Å². The van der Waals surface area contributed by atoms with E-state index < -0.39 is 19.7 Å². The number of amides is 1. The number of carbonyl (C=O) groups is 2. The monoisotopic (exact) mass is 425 g/mol. The van der Waals surface area contributed by atoms with Crippen molar-refractivity contribution in [1.82, 2.24) is 4.90 Å². The third-order valence-electron chi connectivity index (χ3n) is 3.90. The quantitative estimate of drug-likeness (QED) is 0.322. The zero-order valence-electron chi connectivity index (χ0n) is 16.2. The summed E-state index contributed by atoms with van der Waals surface area (Å²) < 4.78 is 16.4. The summed E-state index contributed by atoms with van der Waals surface area (Å²) in [5.41, 5.74) is 1.32. The van der Waals surface area contributed by atoms with Crippen LogP contribution in [-0.4, -0.2) is 39.3 Å². The summed E-state index contributed by atoms with van der Waals surface area (Å²) in [5, 5.41) is 1.70. The fourth-order valence-corrected chi connectivity index (χ4v) is 3.82. The highest BCUT2D eigenvalue weighted by molar-refractivity contribution is 8.06. The van der Waals surface area contributed by atoms with Crippen LogP contribution in [0, 0.1) is 0 Å². The van der Waals surface area contributed by atoms with Gasteiger partial charge in [-0.05, 0) is 34.6 Å². The molecule has 1 aliphatic rings. The van der Waals surface area contributed by atoms with Crippen LogP contribution in [0.15, 0.2) is 34.7 Å². The van der Waals surface area contributed by atoms with Gasteiger partial charge in [0.2, 0.25) is 0 Å². The van der Waals surface area contributed by atoms with Gasteiger partial charge in [0.05, 0.1) is 11.1 Å². The molecule has 0 aliphatic carbocycles. The molecule has 0 fully saturated rings. The molecule has 1 aliphatic heterocycles. The van der Waals surface area contributed by atoms with E-state index in [2.05, 4.69) is 0 Å². The molecule has 0 radical (unpaired) electrons. The van der Waals surface area contributed by atoms with Gasteiger partial charge in [-0.2, -0.15) is 0 Å². The summed E-state index contributed by atoms with van der Waals surface area (Å²) in [5.74, 6) is -0.240. The molecule has 1 heterocycles. The van der Waals surface area contributed by atoms with E-state index in [0.29, 0.717) is 10.7 Å². The highest BCUT2D eigenvalue weighted by Gasteiger charge is 2.24. The van der Waals surface area contributed by atoms with E-state index >= 15 is 0 Å². The van der Waals surface area contributed by atoms with Gasteiger partial charge in [-0.1, -0.05) is 38.6 Å². The van der Waals surface area contributed by atoms with Gasteiger partial charge < -0.3 is 19.4 Å². The van der Waals surface area contributed by atoms with Gasteiger partial charge in [-0.25, -0.2) is 0 Å². The summed E-state index contributed by atoms with van der Waals surface area (Å²) in [6.45, 7) is 7.28. The van der Waals surface area contributed by atoms with Crippen LogP contribution >= 0.6 is 19.4 Å². The molecule has 1 amide bonds. The molecule has 0 saturated heterocycles. The van der Waals surface area contributed by atoms with E-state index in [0.717, 1.165) is 11.1 Å². The number of ether oxygens (including phenoxy) is 1. The molecule has 2 rings (SSSR count). The van der Waals surface area contributed by atoms with Crippen LogP contribution in [0.2, 0.25) is 0 Å². The third-order valence-corrected chi connectivity index (χ3v) is 5.49. The van der Waals surface area contributed by atoms with Crippen molar-refractivity contribution in [3.63, 3.8) is 0 Å². The summed E-state index contributed by atoms with van der Waals surface area (Å²) in [4.78, 5) is 43.7. The molecule has 28 heavy (non-hydrogen) atoms. The second-order valence-electron chi connectivity index (χ2n) is 7.40. The average molecular weight is 425 g/mol. The van der Waals surface area contributed by atoms with Crippen molar-refractivity contribution in [2.45, 2.75) is 33.1 Å². The van der Waals surface area contributed by atoms with Gasteiger partial charge in [-0.3, -0.25) is 14.2 Å². The zero-order valence-corrected chi connectivity index (χ0v) is 17.9. The first-order chi connectivity index (χ1) is 12.9. The SMILES string of the molecule is CC(=O)Oc1ccc(/C=C2/SC=CN(CCP(=O)(O)O)C2=O)cc1C(C)(C)C. The fourth-order valence-electron chi connectivity index (χ4n) is 2.57. The number of benzene rings is 1. The van der Waals surface area contributed by atoms with E-state index in [1.54, 1.807) is 23.6 Å². The van der Waals surface area contributed by atoms with Gasteiger partial charge in [0, 0.05) is 25.2 Å². The second-order valence-corrected chi connectivity index (χ2v) is 10.1. The molecular formula is C19H24NO6PS. The number of rotatable bonds is 5. The van der Waals surface area contributed by atoms with Crippen LogP contribution in [0.5, 0.6) is 5.75 Å². The minimum absolute atomic E-state index is 0.0594. The molecule has 0 spiro atoms. The third kappa shape index (κ3) is 6.34. The van der Waals surface area contributed by atoms with Gasteiger partial charge >= 0.3 is 13.6 Å². The van der Waals surface area contributed by atoms with Crippen molar-refractivity contribution >= 4 is 37.3 Å². The van der Waals surface area contributed by atoms with Crippen LogP contribution in [-0.2, 0) is 19.6 Å². The largest absolute Gasteiger partial charge is 0.426 e. The number of hydrogen-bond acceptors (Lipinski definition) is 5. The Morgan fingerprint density at radius 3 is 2.57 bits per heavy atom. The lowest BCUT2D eigenvalue weighted by Gasteiger charge is -2.24. The van der Waals surface area contributed by atoms with Crippen molar-refractivity contribution in [3.8, 4) is 5.75 Å². The van der Waals surface area contributed by atoms with Gasteiger partial charge in [0.1, 0.15) is 5.75 Å². The molecule has 9 heteroatoms. The van der Waals surface area contributed by atoms with Crippen molar-refractivity contribution in [2.24, 2.45) is 0 Å². The predicted octanol–water partition coefficient (Wildman–Crippen LogP) is 3.47. The fraction of sp³-hybridized carbons (Fsp3) is 0.368. The Morgan fingerprint density at radius 1 is 1.32 bits per heavy atom. The number of esters is 1. The molecule has 0 saturated carbocycles.